The van der Waals surface area contributed by atoms with Crippen LogP contribution in [0.2, 0.25) is 0 Å². The summed E-state index contributed by atoms with van der Waals surface area (Å²) in [5.41, 5.74) is 3.38. The molecule has 7 heteroatoms. The lowest BCUT2D eigenvalue weighted by molar-refractivity contribution is -0.124. The highest BCUT2D eigenvalue weighted by Gasteiger charge is 2.48. The number of benzene rings is 1. The van der Waals surface area contributed by atoms with Crippen molar-refractivity contribution in [2.24, 2.45) is 0 Å². The van der Waals surface area contributed by atoms with Crippen LogP contribution >= 0.6 is 0 Å². The molecular formula is C22H26N4O3. The molecule has 3 heterocycles. The highest BCUT2D eigenvalue weighted by molar-refractivity contribution is 6.10. The van der Waals surface area contributed by atoms with Crippen LogP contribution < -0.4 is 4.90 Å². The first-order chi connectivity index (χ1) is 13.7. The molecule has 3 aliphatic rings. The molecule has 0 saturated carbocycles. The first-order valence-corrected chi connectivity index (χ1v) is 9.71. The van der Waals surface area contributed by atoms with Gasteiger partial charge in [0, 0.05) is 36.1 Å². The van der Waals surface area contributed by atoms with Crippen molar-refractivity contribution in [3.8, 4) is 0 Å². The molecule has 4 rings (SSSR count). The first-order valence-electron chi connectivity index (χ1n) is 9.71. The van der Waals surface area contributed by atoms with E-state index < -0.39 is 5.41 Å². The summed E-state index contributed by atoms with van der Waals surface area (Å²) >= 11 is 0. The number of allylic oxidation sites excluding steroid dienone is 1. The molecular weight excluding hydrogens is 368 g/mol. The number of hydrogen-bond acceptors (Lipinski definition) is 6. The maximum Gasteiger partial charge on any atom is 0.237 e. The molecule has 1 amide bonds. The third-order valence-corrected chi connectivity index (χ3v) is 5.95. The van der Waals surface area contributed by atoms with E-state index in [2.05, 4.69) is 4.90 Å². The molecule has 0 unspecified atom stereocenters. The van der Waals surface area contributed by atoms with Gasteiger partial charge in [0.25, 0.3) is 0 Å². The monoisotopic (exact) mass is 394 g/mol. The Balaban J connectivity index is 1.57. The van der Waals surface area contributed by atoms with Crippen LogP contribution in [0.1, 0.15) is 31.9 Å². The minimum Gasteiger partial charge on any atom is -0.421 e. The third kappa shape index (κ3) is 3.15. The molecule has 0 spiro atoms. The Morgan fingerprint density at radius 1 is 1.24 bits per heavy atom. The quantitative estimate of drug-likeness (QED) is 0.609. The highest BCUT2D eigenvalue weighted by Crippen LogP contribution is 2.44. The summed E-state index contributed by atoms with van der Waals surface area (Å²) in [6, 6.07) is 5.53. The Morgan fingerprint density at radius 3 is 2.59 bits per heavy atom. The smallest absolute Gasteiger partial charge is 0.237 e. The number of likely N-dealkylation sites (N-methyl/N-ethyl adjacent to an activating group) is 1. The fourth-order valence-electron chi connectivity index (χ4n) is 3.81. The van der Waals surface area contributed by atoms with Gasteiger partial charge in [-0.2, -0.15) is 0 Å². The number of amides is 1. The summed E-state index contributed by atoms with van der Waals surface area (Å²) in [6.45, 7) is 7.57. The van der Waals surface area contributed by atoms with Crippen molar-refractivity contribution in [1.82, 2.24) is 4.90 Å². The van der Waals surface area contributed by atoms with Crippen molar-refractivity contribution in [1.29, 1.82) is 10.8 Å². The van der Waals surface area contributed by atoms with Crippen LogP contribution in [0.3, 0.4) is 0 Å². The lowest BCUT2D eigenvalue weighted by atomic mass is 9.86. The minimum absolute atomic E-state index is 0.0316. The molecule has 0 bridgehead atoms. The van der Waals surface area contributed by atoms with E-state index in [1.54, 1.807) is 11.0 Å². The van der Waals surface area contributed by atoms with E-state index in [0.717, 1.165) is 16.9 Å². The van der Waals surface area contributed by atoms with Gasteiger partial charge < -0.3 is 19.3 Å². The van der Waals surface area contributed by atoms with Gasteiger partial charge in [0.2, 0.25) is 17.7 Å². The third-order valence-electron chi connectivity index (χ3n) is 5.95. The van der Waals surface area contributed by atoms with Crippen LogP contribution in [0.25, 0.3) is 0 Å². The summed E-state index contributed by atoms with van der Waals surface area (Å²) in [4.78, 5) is 16.8. The van der Waals surface area contributed by atoms with Crippen LogP contribution in [-0.2, 0) is 19.7 Å². The van der Waals surface area contributed by atoms with Crippen molar-refractivity contribution in [3.63, 3.8) is 0 Å². The molecule has 0 aliphatic carbocycles. The summed E-state index contributed by atoms with van der Waals surface area (Å²) in [6.07, 6.45) is 3.78. The van der Waals surface area contributed by atoms with E-state index >= 15 is 0 Å². The lowest BCUT2D eigenvalue weighted by Crippen LogP contribution is -2.52. The van der Waals surface area contributed by atoms with E-state index in [1.165, 1.54) is 0 Å². The van der Waals surface area contributed by atoms with Gasteiger partial charge >= 0.3 is 0 Å². The van der Waals surface area contributed by atoms with Crippen molar-refractivity contribution in [2.45, 2.75) is 32.2 Å². The van der Waals surface area contributed by atoms with Crippen LogP contribution in [-0.4, -0.2) is 55.5 Å². The normalized spacial score (nSPS) is 20.6. The molecule has 1 saturated heterocycles. The second-order valence-corrected chi connectivity index (χ2v) is 8.31. The SMILES string of the molecule is CC1=CC(C(=N)OC(=N)c2ccc3c(c2)N(C2COC2)C(=O)C3(C)C)=CCN1C. The number of rotatable bonds is 3. The molecule has 1 aromatic carbocycles. The molecule has 0 aromatic heterocycles. The van der Waals surface area contributed by atoms with Crippen molar-refractivity contribution in [2.75, 3.05) is 31.7 Å². The van der Waals surface area contributed by atoms with Gasteiger partial charge in [0.15, 0.2) is 0 Å². The number of ether oxygens (including phenoxy) is 2. The Hall–Kier alpha value is -2.93. The number of fused-ring (bicyclic) bond motifs is 1. The molecule has 152 valence electrons. The molecule has 1 fully saturated rings. The summed E-state index contributed by atoms with van der Waals surface area (Å²) in [5, 5.41) is 16.6. The van der Waals surface area contributed by atoms with E-state index in [-0.39, 0.29) is 23.7 Å². The zero-order chi connectivity index (χ0) is 20.9. The number of carbonyl (C=O) groups excluding carboxylic acids is 1. The van der Waals surface area contributed by atoms with Crippen LogP contribution in [0.5, 0.6) is 0 Å². The number of nitrogens with zero attached hydrogens (tertiary/aromatic N) is 2. The molecule has 0 atom stereocenters. The number of carbonyl (C=O) groups is 1. The van der Waals surface area contributed by atoms with Crippen LogP contribution in [0.15, 0.2) is 41.6 Å². The van der Waals surface area contributed by atoms with E-state index in [4.69, 9.17) is 20.3 Å². The summed E-state index contributed by atoms with van der Waals surface area (Å²) in [7, 11) is 1.98. The van der Waals surface area contributed by atoms with E-state index in [9.17, 15) is 4.79 Å². The van der Waals surface area contributed by atoms with Gasteiger partial charge in [0.1, 0.15) is 0 Å². The van der Waals surface area contributed by atoms with Gasteiger partial charge in [0.05, 0.1) is 24.7 Å². The first kappa shape index (κ1) is 19.4. The Kier molecular flexibility index (Phi) is 4.58. The Morgan fingerprint density at radius 2 is 1.97 bits per heavy atom. The number of nitrogens with one attached hydrogen (secondary N) is 2. The van der Waals surface area contributed by atoms with Gasteiger partial charge in [-0.05, 0) is 44.5 Å². The van der Waals surface area contributed by atoms with Crippen molar-refractivity contribution in [3.05, 3.63) is 52.7 Å². The summed E-state index contributed by atoms with van der Waals surface area (Å²) in [5.74, 6) is -0.107. The molecule has 1 aromatic rings. The largest absolute Gasteiger partial charge is 0.421 e. The second-order valence-electron chi connectivity index (χ2n) is 8.31. The maximum atomic E-state index is 13.0. The van der Waals surface area contributed by atoms with Crippen molar-refractivity contribution < 1.29 is 14.3 Å². The van der Waals surface area contributed by atoms with Gasteiger partial charge in [-0.1, -0.05) is 12.1 Å². The predicted octanol–water partition coefficient (Wildman–Crippen LogP) is 2.80. The molecule has 3 aliphatic heterocycles. The Bertz CT molecular complexity index is 972. The molecule has 0 radical (unpaired) electrons. The van der Waals surface area contributed by atoms with Gasteiger partial charge in [-0.25, -0.2) is 0 Å². The van der Waals surface area contributed by atoms with E-state index in [1.807, 2.05) is 52.1 Å². The highest BCUT2D eigenvalue weighted by atomic mass is 16.5. The Labute approximate surface area is 170 Å². The standard InChI is InChI=1S/C22H26N4O3/c1-13-9-15(7-8-25(13)4)20(24)29-19(23)14-5-6-17-18(10-14)26(16-11-28-12-16)21(27)22(17,2)3/h5-7,9-10,16,23-24H,8,11-12H2,1-4H3. The number of hydrogen-bond donors (Lipinski definition) is 2. The van der Waals surface area contributed by atoms with Crippen LogP contribution in [0, 0.1) is 10.8 Å². The average molecular weight is 394 g/mol. The zero-order valence-corrected chi connectivity index (χ0v) is 17.2. The molecule has 7 nitrogen and oxygen atoms in total. The molecule has 29 heavy (non-hydrogen) atoms. The lowest BCUT2D eigenvalue weighted by Gasteiger charge is -2.35. The predicted molar refractivity (Wildman–Crippen MR) is 112 cm³/mol. The summed E-state index contributed by atoms with van der Waals surface area (Å²) < 4.78 is 10.8. The second kappa shape index (κ2) is 6.84. The fourth-order valence-corrected chi connectivity index (χ4v) is 3.81. The minimum atomic E-state index is -0.611. The topological polar surface area (TPSA) is 89.7 Å². The van der Waals surface area contributed by atoms with Gasteiger partial charge in [-0.3, -0.25) is 15.6 Å². The van der Waals surface area contributed by atoms with Crippen LogP contribution in [0.4, 0.5) is 5.69 Å². The fraction of sp³-hybridized carbons (Fsp3) is 0.409. The van der Waals surface area contributed by atoms with Gasteiger partial charge in [-0.15, -0.1) is 0 Å². The molecule has 2 N–H and O–H groups in total. The van der Waals surface area contributed by atoms with Crippen molar-refractivity contribution >= 4 is 23.4 Å². The number of anilines is 1. The maximum absolute atomic E-state index is 13.0. The van der Waals surface area contributed by atoms with E-state index in [0.29, 0.717) is 30.9 Å². The zero-order valence-electron chi connectivity index (χ0n) is 17.2. The average Bonchev–Trinajstić information content (AvgIpc) is 2.83.